The van der Waals surface area contributed by atoms with Crippen LogP contribution >= 0.6 is 11.8 Å². The summed E-state index contributed by atoms with van der Waals surface area (Å²) in [5.74, 6) is 1.68. The molecule has 0 atom stereocenters. The standard InChI is InChI=1S/C13H11NOS/c1-10-4-2-5-11(8-14)13(10)16-9-12-6-3-7-15-12/h2-7H,9H2,1H3. The molecular formula is C13H11NOS. The molecule has 3 heteroatoms. The number of aryl methyl sites for hydroxylation is 1. The molecule has 1 heterocycles. The molecular weight excluding hydrogens is 218 g/mol. The first-order chi connectivity index (χ1) is 7.81. The van der Waals surface area contributed by atoms with Gasteiger partial charge < -0.3 is 4.42 Å². The van der Waals surface area contributed by atoms with Crippen LogP contribution in [0, 0.1) is 18.3 Å². The van der Waals surface area contributed by atoms with Crippen LogP contribution in [0.1, 0.15) is 16.9 Å². The number of thioether (sulfide) groups is 1. The van der Waals surface area contributed by atoms with Crippen LogP contribution in [0.2, 0.25) is 0 Å². The fourth-order valence-electron chi connectivity index (χ4n) is 1.47. The smallest absolute Gasteiger partial charge is 0.113 e. The van der Waals surface area contributed by atoms with E-state index in [0.717, 1.165) is 27.5 Å². The summed E-state index contributed by atoms with van der Waals surface area (Å²) in [6, 6.07) is 11.8. The second kappa shape index (κ2) is 4.91. The van der Waals surface area contributed by atoms with Gasteiger partial charge in [0.1, 0.15) is 11.8 Å². The van der Waals surface area contributed by atoms with Crippen LogP contribution in [0.25, 0.3) is 0 Å². The molecule has 2 aromatic rings. The first-order valence-corrected chi connectivity index (χ1v) is 5.94. The summed E-state index contributed by atoms with van der Waals surface area (Å²) >= 11 is 1.64. The molecule has 1 aromatic heterocycles. The minimum atomic E-state index is 0.733. The van der Waals surface area contributed by atoms with Crippen molar-refractivity contribution in [1.82, 2.24) is 0 Å². The van der Waals surface area contributed by atoms with Gasteiger partial charge >= 0.3 is 0 Å². The van der Waals surface area contributed by atoms with Crippen LogP contribution < -0.4 is 0 Å². The minimum absolute atomic E-state index is 0.733. The van der Waals surface area contributed by atoms with Crippen molar-refractivity contribution >= 4 is 11.8 Å². The van der Waals surface area contributed by atoms with E-state index in [1.54, 1.807) is 18.0 Å². The molecule has 0 aliphatic rings. The number of benzene rings is 1. The highest BCUT2D eigenvalue weighted by molar-refractivity contribution is 7.98. The Hall–Kier alpha value is -1.66. The Bertz CT molecular complexity index is 511. The number of rotatable bonds is 3. The molecule has 0 N–H and O–H groups in total. The van der Waals surface area contributed by atoms with E-state index in [1.807, 2.05) is 37.3 Å². The minimum Gasteiger partial charge on any atom is -0.468 e. The molecule has 1 aromatic carbocycles. The third-order valence-corrected chi connectivity index (χ3v) is 3.53. The van der Waals surface area contributed by atoms with E-state index in [9.17, 15) is 0 Å². The summed E-state index contributed by atoms with van der Waals surface area (Å²) in [5.41, 5.74) is 1.87. The Morgan fingerprint density at radius 3 is 2.88 bits per heavy atom. The van der Waals surface area contributed by atoms with Crippen molar-refractivity contribution in [2.24, 2.45) is 0 Å². The van der Waals surface area contributed by atoms with Gasteiger partial charge in [-0.05, 0) is 30.7 Å². The molecule has 0 aliphatic carbocycles. The molecule has 0 unspecified atom stereocenters. The Labute approximate surface area is 98.9 Å². The Kier molecular flexibility index (Phi) is 3.33. The molecule has 0 bridgehead atoms. The van der Waals surface area contributed by atoms with Gasteiger partial charge in [-0.1, -0.05) is 12.1 Å². The average Bonchev–Trinajstić information content (AvgIpc) is 2.80. The van der Waals surface area contributed by atoms with Gasteiger partial charge in [-0.3, -0.25) is 0 Å². The highest BCUT2D eigenvalue weighted by Gasteiger charge is 2.06. The van der Waals surface area contributed by atoms with E-state index >= 15 is 0 Å². The monoisotopic (exact) mass is 229 g/mol. The van der Waals surface area contributed by atoms with Crippen LogP contribution in [0.4, 0.5) is 0 Å². The molecule has 2 nitrogen and oxygen atoms in total. The second-order valence-corrected chi connectivity index (χ2v) is 4.42. The van der Waals surface area contributed by atoms with E-state index in [4.69, 9.17) is 9.68 Å². The van der Waals surface area contributed by atoms with Gasteiger partial charge in [-0.25, -0.2) is 0 Å². The van der Waals surface area contributed by atoms with Crippen molar-refractivity contribution in [2.45, 2.75) is 17.6 Å². The number of hydrogen-bond donors (Lipinski definition) is 0. The van der Waals surface area contributed by atoms with Crippen LogP contribution in [0.15, 0.2) is 45.9 Å². The lowest BCUT2D eigenvalue weighted by Crippen LogP contribution is -1.86. The van der Waals surface area contributed by atoms with Crippen molar-refractivity contribution in [2.75, 3.05) is 0 Å². The molecule has 0 saturated heterocycles. The van der Waals surface area contributed by atoms with Crippen molar-refractivity contribution in [3.05, 3.63) is 53.5 Å². The fourth-order valence-corrected chi connectivity index (χ4v) is 2.49. The summed E-state index contributed by atoms with van der Waals surface area (Å²) in [4.78, 5) is 1.04. The van der Waals surface area contributed by atoms with Crippen molar-refractivity contribution in [1.29, 1.82) is 5.26 Å². The lowest BCUT2D eigenvalue weighted by atomic mass is 10.1. The molecule has 0 aliphatic heterocycles. The largest absolute Gasteiger partial charge is 0.468 e. The maximum atomic E-state index is 9.01. The SMILES string of the molecule is Cc1cccc(C#N)c1SCc1ccco1. The zero-order valence-corrected chi connectivity index (χ0v) is 9.75. The van der Waals surface area contributed by atoms with E-state index < -0.39 is 0 Å². The average molecular weight is 229 g/mol. The van der Waals surface area contributed by atoms with E-state index in [-0.39, 0.29) is 0 Å². The maximum Gasteiger partial charge on any atom is 0.113 e. The van der Waals surface area contributed by atoms with Gasteiger partial charge in [0.15, 0.2) is 0 Å². The first kappa shape index (κ1) is 10.8. The Morgan fingerprint density at radius 1 is 1.31 bits per heavy atom. The lowest BCUT2D eigenvalue weighted by Gasteiger charge is -2.05. The predicted molar refractivity (Wildman–Crippen MR) is 64.2 cm³/mol. The third kappa shape index (κ3) is 2.29. The summed E-state index contributed by atoms with van der Waals surface area (Å²) in [6.07, 6.45) is 1.67. The normalized spacial score (nSPS) is 10.0. The van der Waals surface area contributed by atoms with Crippen LogP contribution in [0.3, 0.4) is 0 Å². The van der Waals surface area contributed by atoms with Gasteiger partial charge in [0.25, 0.3) is 0 Å². The van der Waals surface area contributed by atoms with Crippen LogP contribution in [-0.4, -0.2) is 0 Å². The molecule has 0 radical (unpaired) electrons. The number of furan rings is 1. The third-order valence-electron chi connectivity index (χ3n) is 2.27. The molecule has 0 saturated carbocycles. The van der Waals surface area contributed by atoms with Gasteiger partial charge in [0.2, 0.25) is 0 Å². The second-order valence-electron chi connectivity index (χ2n) is 3.43. The Morgan fingerprint density at radius 2 is 2.19 bits per heavy atom. The highest BCUT2D eigenvalue weighted by Crippen LogP contribution is 2.29. The zero-order chi connectivity index (χ0) is 11.4. The van der Waals surface area contributed by atoms with Crippen LogP contribution in [-0.2, 0) is 5.75 Å². The Balaban J connectivity index is 2.18. The van der Waals surface area contributed by atoms with Crippen LogP contribution in [0.5, 0.6) is 0 Å². The zero-order valence-electron chi connectivity index (χ0n) is 8.93. The van der Waals surface area contributed by atoms with Crippen molar-refractivity contribution in [3.63, 3.8) is 0 Å². The molecule has 2 rings (SSSR count). The van der Waals surface area contributed by atoms with Gasteiger partial charge in [0.05, 0.1) is 17.6 Å². The summed E-state index contributed by atoms with van der Waals surface area (Å²) in [6.45, 7) is 2.02. The van der Waals surface area contributed by atoms with E-state index in [2.05, 4.69) is 6.07 Å². The molecule has 0 fully saturated rings. The summed E-state index contributed by atoms with van der Waals surface area (Å²) in [7, 11) is 0. The maximum absolute atomic E-state index is 9.01. The molecule has 80 valence electrons. The fraction of sp³-hybridized carbons (Fsp3) is 0.154. The number of nitrogens with zero attached hydrogens (tertiary/aromatic N) is 1. The lowest BCUT2D eigenvalue weighted by molar-refractivity contribution is 0.530. The van der Waals surface area contributed by atoms with Gasteiger partial charge in [0, 0.05) is 4.90 Å². The van der Waals surface area contributed by atoms with E-state index in [0.29, 0.717) is 0 Å². The topological polar surface area (TPSA) is 36.9 Å². The number of nitriles is 1. The molecule has 16 heavy (non-hydrogen) atoms. The summed E-state index contributed by atoms with van der Waals surface area (Å²) < 4.78 is 5.26. The molecule has 0 amide bonds. The van der Waals surface area contributed by atoms with Gasteiger partial charge in [-0.2, -0.15) is 5.26 Å². The number of hydrogen-bond acceptors (Lipinski definition) is 3. The summed E-state index contributed by atoms with van der Waals surface area (Å²) in [5, 5.41) is 9.01. The van der Waals surface area contributed by atoms with E-state index in [1.165, 1.54) is 0 Å². The predicted octanol–water partition coefficient (Wildman–Crippen LogP) is 3.75. The highest BCUT2D eigenvalue weighted by atomic mass is 32.2. The quantitative estimate of drug-likeness (QED) is 0.752. The van der Waals surface area contributed by atoms with Crippen molar-refractivity contribution in [3.8, 4) is 6.07 Å². The van der Waals surface area contributed by atoms with Gasteiger partial charge in [-0.15, -0.1) is 11.8 Å². The first-order valence-electron chi connectivity index (χ1n) is 4.96. The molecule has 0 spiro atoms. The van der Waals surface area contributed by atoms with Crippen molar-refractivity contribution < 1.29 is 4.42 Å².